The molecule has 0 saturated carbocycles. The van der Waals surface area contributed by atoms with Crippen molar-refractivity contribution in [3.8, 4) is 11.5 Å². The molecule has 0 atom stereocenters. The van der Waals surface area contributed by atoms with Crippen LogP contribution in [-0.4, -0.2) is 17.6 Å². The maximum Gasteiger partial charge on any atom is 0.255 e. The first-order valence-corrected chi connectivity index (χ1v) is 6.50. The van der Waals surface area contributed by atoms with Gasteiger partial charge in [0.2, 0.25) is 0 Å². The SMILES string of the molecule is Cc1cc(O)ccc1NC(=O)c1ccc2c(c1)CCO2. The third kappa shape index (κ3) is 2.32. The number of carbonyl (C=O) groups excluding carboxylic acids is 1. The topological polar surface area (TPSA) is 58.6 Å². The van der Waals surface area contributed by atoms with Gasteiger partial charge in [-0.3, -0.25) is 4.79 Å². The lowest BCUT2D eigenvalue weighted by molar-refractivity contribution is 0.102. The van der Waals surface area contributed by atoms with Gasteiger partial charge in [0.1, 0.15) is 11.5 Å². The number of rotatable bonds is 2. The normalized spacial score (nSPS) is 12.7. The Morgan fingerprint density at radius 3 is 2.90 bits per heavy atom. The van der Waals surface area contributed by atoms with E-state index in [1.807, 2.05) is 19.1 Å². The lowest BCUT2D eigenvalue weighted by Crippen LogP contribution is -2.12. The van der Waals surface area contributed by atoms with E-state index in [4.69, 9.17) is 4.74 Å². The van der Waals surface area contributed by atoms with Crippen molar-refractivity contribution >= 4 is 11.6 Å². The molecular formula is C16H15NO3. The van der Waals surface area contributed by atoms with E-state index in [9.17, 15) is 9.90 Å². The van der Waals surface area contributed by atoms with Gasteiger partial charge >= 0.3 is 0 Å². The number of anilines is 1. The summed E-state index contributed by atoms with van der Waals surface area (Å²) >= 11 is 0. The van der Waals surface area contributed by atoms with Gasteiger partial charge in [-0.15, -0.1) is 0 Å². The first-order chi connectivity index (χ1) is 9.63. The molecular weight excluding hydrogens is 254 g/mol. The van der Waals surface area contributed by atoms with E-state index in [0.29, 0.717) is 17.9 Å². The molecule has 2 aromatic rings. The van der Waals surface area contributed by atoms with Gasteiger partial charge in [0.25, 0.3) is 5.91 Å². The van der Waals surface area contributed by atoms with E-state index < -0.39 is 0 Å². The third-order valence-electron chi connectivity index (χ3n) is 3.41. The number of nitrogens with one attached hydrogen (secondary N) is 1. The van der Waals surface area contributed by atoms with Crippen LogP contribution in [0.1, 0.15) is 21.5 Å². The zero-order valence-corrected chi connectivity index (χ0v) is 11.1. The van der Waals surface area contributed by atoms with Crippen molar-refractivity contribution in [2.45, 2.75) is 13.3 Å². The van der Waals surface area contributed by atoms with E-state index in [1.54, 1.807) is 24.3 Å². The number of fused-ring (bicyclic) bond motifs is 1. The van der Waals surface area contributed by atoms with Crippen LogP contribution in [0.2, 0.25) is 0 Å². The Bertz CT molecular complexity index is 679. The third-order valence-corrected chi connectivity index (χ3v) is 3.41. The summed E-state index contributed by atoms with van der Waals surface area (Å²) in [4.78, 5) is 12.2. The molecule has 2 N–H and O–H groups in total. The Labute approximate surface area is 117 Å². The van der Waals surface area contributed by atoms with Crippen LogP contribution in [0.4, 0.5) is 5.69 Å². The molecule has 1 amide bonds. The molecule has 0 aliphatic carbocycles. The van der Waals surface area contributed by atoms with Crippen LogP contribution in [0, 0.1) is 6.92 Å². The monoisotopic (exact) mass is 269 g/mol. The highest BCUT2D eigenvalue weighted by molar-refractivity contribution is 6.04. The number of carbonyl (C=O) groups is 1. The van der Waals surface area contributed by atoms with Crippen LogP contribution in [0.5, 0.6) is 11.5 Å². The van der Waals surface area contributed by atoms with Crippen molar-refractivity contribution in [1.29, 1.82) is 0 Å². The zero-order chi connectivity index (χ0) is 14.1. The number of aromatic hydroxyl groups is 1. The maximum atomic E-state index is 12.2. The first-order valence-electron chi connectivity index (χ1n) is 6.50. The van der Waals surface area contributed by atoms with Crippen molar-refractivity contribution in [3.63, 3.8) is 0 Å². The van der Waals surface area contributed by atoms with Crippen LogP contribution in [0.3, 0.4) is 0 Å². The summed E-state index contributed by atoms with van der Waals surface area (Å²) in [6.45, 7) is 2.52. The fourth-order valence-electron chi connectivity index (χ4n) is 2.31. The number of aryl methyl sites for hydroxylation is 1. The van der Waals surface area contributed by atoms with Gasteiger partial charge < -0.3 is 15.2 Å². The van der Waals surface area contributed by atoms with Gasteiger partial charge in [0, 0.05) is 17.7 Å². The molecule has 20 heavy (non-hydrogen) atoms. The summed E-state index contributed by atoms with van der Waals surface area (Å²) in [5, 5.41) is 12.2. The summed E-state index contributed by atoms with van der Waals surface area (Å²) in [6.07, 6.45) is 0.842. The van der Waals surface area contributed by atoms with Crippen molar-refractivity contribution in [3.05, 3.63) is 53.1 Å². The van der Waals surface area contributed by atoms with Gasteiger partial charge in [-0.1, -0.05) is 0 Å². The number of amides is 1. The zero-order valence-electron chi connectivity index (χ0n) is 11.1. The van der Waals surface area contributed by atoms with Crippen LogP contribution in [0.15, 0.2) is 36.4 Å². The maximum absolute atomic E-state index is 12.2. The van der Waals surface area contributed by atoms with E-state index >= 15 is 0 Å². The molecule has 0 radical (unpaired) electrons. The van der Waals surface area contributed by atoms with Gasteiger partial charge in [0.15, 0.2) is 0 Å². The number of benzene rings is 2. The highest BCUT2D eigenvalue weighted by Gasteiger charge is 2.15. The fraction of sp³-hybridized carbons (Fsp3) is 0.188. The Hall–Kier alpha value is -2.49. The van der Waals surface area contributed by atoms with E-state index in [2.05, 4.69) is 5.32 Å². The van der Waals surface area contributed by atoms with Gasteiger partial charge in [-0.25, -0.2) is 0 Å². The number of hydrogen-bond acceptors (Lipinski definition) is 3. The molecule has 0 unspecified atom stereocenters. The minimum Gasteiger partial charge on any atom is -0.508 e. The molecule has 1 aliphatic rings. The minimum atomic E-state index is -0.159. The van der Waals surface area contributed by atoms with E-state index in [-0.39, 0.29) is 11.7 Å². The van der Waals surface area contributed by atoms with Gasteiger partial charge in [-0.05, 0) is 54.4 Å². The molecule has 3 rings (SSSR count). The highest BCUT2D eigenvalue weighted by atomic mass is 16.5. The van der Waals surface area contributed by atoms with Crippen molar-refractivity contribution in [2.75, 3.05) is 11.9 Å². The molecule has 0 saturated heterocycles. The van der Waals surface area contributed by atoms with Crippen molar-refractivity contribution in [2.24, 2.45) is 0 Å². The summed E-state index contributed by atoms with van der Waals surface area (Å²) in [6, 6.07) is 10.3. The number of phenolic OH excluding ortho intramolecular Hbond substituents is 1. The molecule has 0 spiro atoms. The second-order valence-corrected chi connectivity index (χ2v) is 4.87. The number of hydrogen-bond donors (Lipinski definition) is 2. The van der Waals surface area contributed by atoms with Gasteiger partial charge in [-0.2, -0.15) is 0 Å². The van der Waals surface area contributed by atoms with E-state index in [1.165, 1.54) is 0 Å². The largest absolute Gasteiger partial charge is 0.508 e. The summed E-state index contributed by atoms with van der Waals surface area (Å²) in [7, 11) is 0. The minimum absolute atomic E-state index is 0.159. The summed E-state index contributed by atoms with van der Waals surface area (Å²) in [5.74, 6) is 0.894. The van der Waals surface area contributed by atoms with Crippen LogP contribution in [0.25, 0.3) is 0 Å². The molecule has 0 aromatic heterocycles. The second-order valence-electron chi connectivity index (χ2n) is 4.87. The number of phenols is 1. The molecule has 4 heteroatoms. The molecule has 0 bridgehead atoms. The van der Waals surface area contributed by atoms with E-state index in [0.717, 1.165) is 23.3 Å². The van der Waals surface area contributed by atoms with Crippen LogP contribution < -0.4 is 10.1 Å². The molecule has 4 nitrogen and oxygen atoms in total. The fourth-order valence-corrected chi connectivity index (χ4v) is 2.31. The molecule has 102 valence electrons. The Balaban J connectivity index is 1.82. The lowest BCUT2D eigenvalue weighted by atomic mass is 10.1. The molecule has 1 heterocycles. The second kappa shape index (κ2) is 4.89. The lowest BCUT2D eigenvalue weighted by Gasteiger charge is -2.09. The van der Waals surface area contributed by atoms with Crippen molar-refractivity contribution < 1.29 is 14.6 Å². The number of ether oxygens (including phenoxy) is 1. The smallest absolute Gasteiger partial charge is 0.255 e. The Morgan fingerprint density at radius 1 is 1.25 bits per heavy atom. The predicted molar refractivity (Wildman–Crippen MR) is 76.4 cm³/mol. The van der Waals surface area contributed by atoms with Crippen LogP contribution >= 0.6 is 0 Å². The Kier molecular flexibility index (Phi) is 3.06. The molecule has 2 aromatic carbocycles. The van der Waals surface area contributed by atoms with Crippen LogP contribution in [-0.2, 0) is 6.42 Å². The van der Waals surface area contributed by atoms with Gasteiger partial charge in [0.05, 0.1) is 6.61 Å². The molecule has 0 fully saturated rings. The average Bonchev–Trinajstić information content (AvgIpc) is 2.89. The Morgan fingerprint density at radius 2 is 2.10 bits per heavy atom. The summed E-state index contributed by atoms with van der Waals surface area (Å²) < 4.78 is 5.42. The quantitative estimate of drug-likeness (QED) is 0.824. The first kappa shape index (κ1) is 12.5. The standard InChI is InChI=1S/C16H15NO3/c1-10-8-13(18)3-4-14(10)17-16(19)12-2-5-15-11(9-12)6-7-20-15/h2-5,8-9,18H,6-7H2,1H3,(H,17,19). The highest BCUT2D eigenvalue weighted by Crippen LogP contribution is 2.26. The molecule has 1 aliphatic heterocycles. The average molecular weight is 269 g/mol. The summed E-state index contributed by atoms with van der Waals surface area (Å²) in [5.41, 5.74) is 3.20. The predicted octanol–water partition coefficient (Wildman–Crippen LogP) is 2.89. The van der Waals surface area contributed by atoms with Crippen molar-refractivity contribution in [1.82, 2.24) is 0 Å².